The van der Waals surface area contributed by atoms with Crippen molar-refractivity contribution in [1.82, 2.24) is 24.8 Å². The van der Waals surface area contributed by atoms with Crippen LogP contribution in [0.25, 0.3) is 49.3 Å². The number of aromatic nitrogens is 4. The Bertz CT molecular complexity index is 2050. The fourth-order valence-corrected chi connectivity index (χ4v) is 7.23. The van der Waals surface area contributed by atoms with Crippen LogP contribution >= 0.6 is 11.3 Å². The van der Waals surface area contributed by atoms with Crippen molar-refractivity contribution < 1.29 is 9.53 Å². The quantitative estimate of drug-likeness (QED) is 0.206. The molecule has 6 aromatic rings. The molecule has 1 aliphatic carbocycles. The molecule has 45 heavy (non-hydrogen) atoms. The lowest BCUT2D eigenvalue weighted by Gasteiger charge is -2.43. The van der Waals surface area contributed by atoms with E-state index in [0.717, 1.165) is 85.6 Å². The van der Waals surface area contributed by atoms with E-state index in [1.807, 2.05) is 57.2 Å². The molecule has 2 N–H and O–H groups in total. The molecule has 0 unspecified atom stereocenters. The number of anilines is 2. The molecule has 2 aliphatic rings. The van der Waals surface area contributed by atoms with Gasteiger partial charge in [0.05, 0.1) is 32.8 Å². The average Bonchev–Trinajstić information content (AvgIpc) is 3.58. The standard InChI is InChI=1S/C36H32N6O2S/c1-35(2,3)44-34(43)41-36(19-9-20-36)23-17-15-22(16-18-23)30-29(33-39-26-12-6-7-14-28(26)45-33)40-32-24-10-4-5-11-25(24)38-31-27(42(30)32)13-8-21-37-31/h4-8,10-18,21H,9,19-20H2,1-3H3,(H,37,38)(H,41,43). The molecule has 1 fully saturated rings. The Morgan fingerprint density at radius 3 is 2.49 bits per heavy atom. The van der Waals surface area contributed by atoms with Crippen molar-refractivity contribution in [3.05, 3.63) is 96.7 Å². The Kier molecular flexibility index (Phi) is 6.28. The van der Waals surface area contributed by atoms with E-state index in [4.69, 9.17) is 19.7 Å². The number of amides is 1. The highest BCUT2D eigenvalue weighted by molar-refractivity contribution is 7.21. The Morgan fingerprint density at radius 2 is 1.73 bits per heavy atom. The van der Waals surface area contributed by atoms with Gasteiger partial charge < -0.3 is 15.4 Å². The molecule has 0 spiro atoms. The maximum Gasteiger partial charge on any atom is 0.408 e. The van der Waals surface area contributed by atoms with Crippen LogP contribution in [0.1, 0.15) is 45.6 Å². The third-order valence-corrected chi connectivity index (χ3v) is 9.52. The van der Waals surface area contributed by atoms with E-state index in [1.165, 1.54) is 0 Å². The number of carbonyl (C=O) groups excluding carboxylic acids is 1. The first-order valence-electron chi connectivity index (χ1n) is 15.2. The number of fused-ring (bicyclic) bond motifs is 6. The summed E-state index contributed by atoms with van der Waals surface area (Å²) in [6.45, 7) is 5.65. The second-order valence-corrected chi connectivity index (χ2v) is 13.7. The summed E-state index contributed by atoms with van der Waals surface area (Å²) in [6, 6.07) is 28.9. The first-order valence-corrected chi connectivity index (χ1v) is 16.0. The minimum absolute atomic E-state index is 0.388. The number of rotatable bonds is 4. The molecule has 0 saturated heterocycles. The molecule has 224 valence electrons. The van der Waals surface area contributed by atoms with E-state index in [2.05, 4.69) is 63.7 Å². The molecule has 9 heteroatoms. The third kappa shape index (κ3) is 4.75. The molecule has 1 amide bonds. The zero-order valence-electron chi connectivity index (χ0n) is 25.3. The second-order valence-electron chi connectivity index (χ2n) is 12.6. The van der Waals surface area contributed by atoms with Gasteiger partial charge in [0, 0.05) is 17.3 Å². The van der Waals surface area contributed by atoms with Crippen LogP contribution in [0.3, 0.4) is 0 Å². The van der Waals surface area contributed by atoms with Gasteiger partial charge in [0.2, 0.25) is 0 Å². The van der Waals surface area contributed by atoms with Crippen LogP contribution < -0.4 is 10.6 Å². The molecular weight excluding hydrogens is 581 g/mol. The van der Waals surface area contributed by atoms with Gasteiger partial charge in [-0.05, 0) is 82.0 Å². The van der Waals surface area contributed by atoms with Crippen LogP contribution in [0, 0.1) is 0 Å². The van der Waals surface area contributed by atoms with E-state index in [-0.39, 0.29) is 6.09 Å². The minimum atomic E-state index is -0.561. The maximum atomic E-state index is 12.8. The predicted octanol–water partition coefficient (Wildman–Crippen LogP) is 8.84. The van der Waals surface area contributed by atoms with Crippen molar-refractivity contribution in [1.29, 1.82) is 0 Å². The molecule has 8 nitrogen and oxygen atoms in total. The van der Waals surface area contributed by atoms with Gasteiger partial charge in [-0.1, -0.05) is 48.5 Å². The molecule has 1 saturated carbocycles. The number of pyridine rings is 1. The van der Waals surface area contributed by atoms with Crippen LogP contribution in [0.4, 0.5) is 16.3 Å². The molecule has 3 aromatic carbocycles. The van der Waals surface area contributed by atoms with Gasteiger partial charge in [0.15, 0.2) is 5.82 Å². The first kappa shape index (κ1) is 27.5. The number of nitrogens with one attached hydrogen (secondary N) is 2. The Hall–Kier alpha value is -5.02. The first-order chi connectivity index (χ1) is 21.8. The fraction of sp³-hybridized carbons (Fsp3) is 0.222. The summed E-state index contributed by atoms with van der Waals surface area (Å²) < 4.78 is 8.94. The van der Waals surface area contributed by atoms with Crippen LogP contribution in [0.2, 0.25) is 0 Å². The summed E-state index contributed by atoms with van der Waals surface area (Å²) in [7, 11) is 0. The largest absolute Gasteiger partial charge is 0.444 e. The number of hydrogen-bond donors (Lipinski definition) is 2. The summed E-state index contributed by atoms with van der Waals surface area (Å²) in [4.78, 5) is 27.9. The van der Waals surface area contributed by atoms with Crippen molar-refractivity contribution in [3.63, 3.8) is 0 Å². The molecule has 0 atom stereocenters. The number of nitrogens with zero attached hydrogens (tertiary/aromatic N) is 4. The fourth-order valence-electron chi connectivity index (χ4n) is 6.27. The van der Waals surface area contributed by atoms with Gasteiger partial charge in [0.25, 0.3) is 0 Å². The lowest BCUT2D eigenvalue weighted by Crippen LogP contribution is -2.52. The van der Waals surface area contributed by atoms with Crippen LogP contribution in [0.15, 0.2) is 91.1 Å². The van der Waals surface area contributed by atoms with Crippen molar-refractivity contribution in [2.75, 3.05) is 5.32 Å². The third-order valence-electron chi connectivity index (χ3n) is 8.48. The summed E-state index contributed by atoms with van der Waals surface area (Å²) >= 11 is 1.64. The lowest BCUT2D eigenvalue weighted by atomic mass is 9.71. The van der Waals surface area contributed by atoms with E-state index in [9.17, 15) is 4.79 Å². The smallest absolute Gasteiger partial charge is 0.408 e. The van der Waals surface area contributed by atoms with Crippen LogP contribution in [0.5, 0.6) is 0 Å². The molecule has 0 radical (unpaired) electrons. The topological polar surface area (TPSA) is 94.0 Å². The molecule has 3 aromatic heterocycles. The molecule has 1 aliphatic heterocycles. The molecule has 0 bridgehead atoms. The Labute approximate surface area is 265 Å². The monoisotopic (exact) mass is 612 g/mol. The highest BCUT2D eigenvalue weighted by atomic mass is 32.1. The Balaban J connectivity index is 1.31. The molecule has 8 rings (SSSR count). The van der Waals surface area contributed by atoms with E-state index in [1.54, 1.807) is 17.5 Å². The van der Waals surface area contributed by atoms with Gasteiger partial charge in [-0.25, -0.2) is 19.7 Å². The van der Waals surface area contributed by atoms with Crippen molar-refractivity contribution in [3.8, 4) is 39.0 Å². The minimum Gasteiger partial charge on any atom is -0.444 e. The number of benzene rings is 3. The van der Waals surface area contributed by atoms with Crippen molar-refractivity contribution in [2.24, 2.45) is 0 Å². The predicted molar refractivity (Wildman–Crippen MR) is 179 cm³/mol. The number of carbonyl (C=O) groups is 1. The van der Waals surface area contributed by atoms with E-state index in [0.29, 0.717) is 0 Å². The number of thiazole rings is 1. The van der Waals surface area contributed by atoms with Crippen molar-refractivity contribution in [2.45, 2.75) is 51.2 Å². The van der Waals surface area contributed by atoms with Crippen molar-refractivity contribution >= 4 is 39.2 Å². The van der Waals surface area contributed by atoms with Gasteiger partial charge in [-0.3, -0.25) is 4.57 Å². The normalized spacial score (nSPS) is 14.7. The Morgan fingerprint density at radius 1 is 0.956 bits per heavy atom. The summed E-state index contributed by atoms with van der Waals surface area (Å²) in [6.07, 6.45) is 4.19. The number of imidazole rings is 1. The molecular formula is C36H32N6O2S. The van der Waals surface area contributed by atoms with E-state index < -0.39 is 11.1 Å². The van der Waals surface area contributed by atoms with Crippen LogP contribution in [-0.4, -0.2) is 31.2 Å². The number of alkyl carbamates (subject to hydrolysis) is 1. The zero-order chi connectivity index (χ0) is 30.8. The SMILES string of the molecule is CC(C)(C)OC(=O)NC1(c2ccc(-c3c(-c4nc5ccccc5s4)nc4n3-c3cccnc3Nc3ccccc3-4)cc2)CCC1. The lowest BCUT2D eigenvalue weighted by molar-refractivity contribution is 0.0377. The van der Waals surface area contributed by atoms with Gasteiger partial charge in [0.1, 0.15) is 22.1 Å². The molecule has 4 heterocycles. The second kappa shape index (κ2) is 10.3. The highest BCUT2D eigenvalue weighted by Crippen LogP contribution is 2.47. The number of para-hydroxylation sites is 2. The van der Waals surface area contributed by atoms with E-state index >= 15 is 0 Å². The zero-order valence-corrected chi connectivity index (χ0v) is 26.1. The summed E-state index contributed by atoms with van der Waals surface area (Å²) in [5, 5.41) is 7.58. The number of hydrogen-bond acceptors (Lipinski definition) is 7. The van der Waals surface area contributed by atoms with Gasteiger partial charge >= 0.3 is 6.09 Å². The number of ether oxygens (including phenoxy) is 1. The van der Waals surface area contributed by atoms with Gasteiger partial charge in [-0.2, -0.15) is 0 Å². The highest BCUT2D eigenvalue weighted by Gasteiger charge is 2.41. The average molecular weight is 613 g/mol. The maximum absolute atomic E-state index is 12.8. The van der Waals surface area contributed by atoms with Crippen LogP contribution in [-0.2, 0) is 10.3 Å². The summed E-state index contributed by atoms with van der Waals surface area (Å²) in [5.74, 6) is 1.57. The summed E-state index contributed by atoms with van der Waals surface area (Å²) in [5.41, 5.74) is 6.59. The van der Waals surface area contributed by atoms with Gasteiger partial charge in [-0.15, -0.1) is 11.3 Å².